The number of amides is 1. The lowest BCUT2D eigenvalue weighted by atomic mass is 9.98. The van der Waals surface area contributed by atoms with Gasteiger partial charge in [0.15, 0.2) is 11.5 Å². The number of carbonyl (C=O) groups is 1. The summed E-state index contributed by atoms with van der Waals surface area (Å²) in [5, 5.41) is 2.93. The molecular weight excluding hydrogens is 342 g/mol. The summed E-state index contributed by atoms with van der Waals surface area (Å²) in [5.74, 6) is 1.35. The van der Waals surface area contributed by atoms with Gasteiger partial charge in [0.2, 0.25) is 0 Å². The molecule has 0 bridgehead atoms. The van der Waals surface area contributed by atoms with E-state index in [-0.39, 0.29) is 11.4 Å². The summed E-state index contributed by atoms with van der Waals surface area (Å²) in [5.41, 5.74) is 3.64. The first-order chi connectivity index (χ1) is 12.8. The van der Waals surface area contributed by atoms with Crippen LogP contribution in [0.25, 0.3) is 0 Å². The van der Waals surface area contributed by atoms with Gasteiger partial charge in [-0.15, -0.1) is 0 Å². The third-order valence-corrected chi connectivity index (χ3v) is 4.55. The number of nitrogens with zero attached hydrogens (tertiary/aromatic N) is 2. The van der Waals surface area contributed by atoms with Gasteiger partial charge in [0.05, 0.1) is 26.1 Å². The fourth-order valence-electron chi connectivity index (χ4n) is 3.22. The van der Waals surface area contributed by atoms with Gasteiger partial charge in [0.25, 0.3) is 5.91 Å². The van der Waals surface area contributed by atoms with Gasteiger partial charge >= 0.3 is 0 Å². The molecule has 0 atom stereocenters. The van der Waals surface area contributed by atoms with Crippen LogP contribution in [0, 0.1) is 0 Å². The van der Waals surface area contributed by atoms with Crippen molar-refractivity contribution in [3.05, 3.63) is 47.3 Å². The number of carbonyl (C=O) groups excluding carboxylic acids is 1. The van der Waals surface area contributed by atoms with E-state index >= 15 is 0 Å². The van der Waals surface area contributed by atoms with Crippen LogP contribution in [-0.2, 0) is 13.0 Å². The zero-order valence-corrected chi connectivity index (χ0v) is 16.6. The molecule has 1 aromatic carbocycles. The van der Waals surface area contributed by atoms with Crippen LogP contribution in [0.2, 0.25) is 0 Å². The average Bonchev–Trinajstić information content (AvgIpc) is 2.65. The molecule has 6 heteroatoms. The quantitative estimate of drug-likeness (QED) is 0.897. The predicted octanol–water partition coefficient (Wildman–Crippen LogP) is 3.19. The molecule has 1 N–H and O–H groups in total. The molecule has 0 aliphatic carbocycles. The van der Waals surface area contributed by atoms with E-state index in [0.717, 1.165) is 36.7 Å². The van der Waals surface area contributed by atoms with Gasteiger partial charge in [0, 0.05) is 18.6 Å². The molecule has 0 spiro atoms. The maximum Gasteiger partial charge on any atom is 0.270 e. The second-order valence-corrected chi connectivity index (χ2v) is 7.75. The molecule has 0 fully saturated rings. The van der Waals surface area contributed by atoms with Crippen molar-refractivity contribution in [1.82, 2.24) is 10.3 Å². The van der Waals surface area contributed by atoms with Crippen molar-refractivity contribution in [2.75, 3.05) is 25.7 Å². The monoisotopic (exact) mass is 369 g/mol. The highest BCUT2D eigenvalue weighted by atomic mass is 16.5. The van der Waals surface area contributed by atoms with Crippen molar-refractivity contribution in [1.29, 1.82) is 0 Å². The van der Waals surface area contributed by atoms with E-state index in [0.29, 0.717) is 5.69 Å². The molecule has 2 heterocycles. The van der Waals surface area contributed by atoms with E-state index < -0.39 is 0 Å². The lowest BCUT2D eigenvalue weighted by Gasteiger charge is -2.31. The number of rotatable bonds is 4. The van der Waals surface area contributed by atoms with E-state index in [1.54, 1.807) is 26.5 Å². The number of pyridine rings is 1. The van der Waals surface area contributed by atoms with Crippen molar-refractivity contribution < 1.29 is 14.3 Å². The van der Waals surface area contributed by atoms with Crippen molar-refractivity contribution in [3.8, 4) is 11.5 Å². The average molecular weight is 369 g/mol. The number of benzene rings is 1. The first-order valence-corrected chi connectivity index (χ1v) is 9.08. The molecule has 1 aliphatic heterocycles. The van der Waals surface area contributed by atoms with Gasteiger partial charge in [-0.05, 0) is 62.6 Å². The minimum Gasteiger partial charge on any atom is -0.493 e. The van der Waals surface area contributed by atoms with Crippen molar-refractivity contribution >= 4 is 11.6 Å². The maximum absolute atomic E-state index is 12.2. The van der Waals surface area contributed by atoms with Gasteiger partial charge in [-0.3, -0.25) is 4.79 Å². The summed E-state index contributed by atoms with van der Waals surface area (Å²) in [4.78, 5) is 18.8. The second-order valence-electron chi connectivity index (χ2n) is 7.75. The van der Waals surface area contributed by atoms with E-state index in [1.807, 2.05) is 32.9 Å². The van der Waals surface area contributed by atoms with Crippen LogP contribution in [0.15, 0.2) is 30.5 Å². The Morgan fingerprint density at radius 3 is 2.33 bits per heavy atom. The molecule has 1 amide bonds. The number of hydrogen-bond acceptors (Lipinski definition) is 5. The minimum absolute atomic E-state index is 0.158. The fourth-order valence-corrected chi connectivity index (χ4v) is 3.22. The summed E-state index contributed by atoms with van der Waals surface area (Å²) in [6.45, 7) is 7.51. The highest BCUT2D eigenvalue weighted by molar-refractivity contribution is 5.92. The van der Waals surface area contributed by atoms with E-state index in [4.69, 9.17) is 9.47 Å². The number of hydrogen-bond donors (Lipinski definition) is 1. The highest BCUT2D eigenvalue weighted by Gasteiger charge is 2.21. The largest absolute Gasteiger partial charge is 0.493 e. The number of nitrogens with one attached hydrogen (secondary N) is 1. The highest BCUT2D eigenvalue weighted by Crippen LogP contribution is 2.34. The van der Waals surface area contributed by atoms with Crippen molar-refractivity contribution in [2.24, 2.45) is 0 Å². The van der Waals surface area contributed by atoms with Crippen molar-refractivity contribution in [2.45, 2.75) is 39.3 Å². The molecule has 0 radical (unpaired) electrons. The molecule has 3 rings (SSSR count). The van der Waals surface area contributed by atoms with Crippen LogP contribution >= 0.6 is 0 Å². The SMILES string of the molecule is COc1cc2c(cc1OC)CN(c1ccc(C(=O)NC(C)(C)C)nc1)CC2. The molecule has 1 aromatic heterocycles. The Balaban J connectivity index is 1.76. The molecule has 6 nitrogen and oxygen atoms in total. The molecule has 27 heavy (non-hydrogen) atoms. The second kappa shape index (κ2) is 7.47. The zero-order chi connectivity index (χ0) is 19.6. The minimum atomic E-state index is -0.284. The lowest BCUT2D eigenvalue weighted by Crippen LogP contribution is -2.41. The Hall–Kier alpha value is -2.76. The third kappa shape index (κ3) is 4.32. The summed E-state index contributed by atoms with van der Waals surface area (Å²) in [6, 6.07) is 7.83. The molecule has 0 saturated carbocycles. The van der Waals surface area contributed by atoms with Crippen molar-refractivity contribution in [3.63, 3.8) is 0 Å². The number of ether oxygens (including phenoxy) is 2. The van der Waals surface area contributed by atoms with Gasteiger partial charge in [-0.1, -0.05) is 0 Å². The Bertz CT molecular complexity index is 826. The predicted molar refractivity (Wildman–Crippen MR) is 106 cm³/mol. The fraction of sp³-hybridized carbons (Fsp3) is 0.429. The molecule has 2 aromatic rings. The zero-order valence-electron chi connectivity index (χ0n) is 16.6. The van der Waals surface area contributed by atoms with E-state index in [2.05, 4.69) is 21.3 Å². The third-order valence-electron chi connectivity index (χ3n) is 4.55. The van der Waals surface area contributed by atoms with Gasteiger partial charge in [-0.2, -0.15) is 0 Å². The number of aromatic nitrogens is 1. The number of anilines is 1. The van der Waals surface area contributed by atoms with Gasteiger partial charge in [0.1, 0.15) is 5.69 Å². The Labute approximate surface area is 160 Å². The van der Waals surface area contributed by atoms with Gasteiger partial charge < -0.3 is 19.7 Å². The Morgan fingerprint density at radius 1 is 1.11 bits per heavy atom. The first-order valence-electron chi connectivity index (χ1n) is 9.08. The van der Waals surface area contributed by atoms with E-state index in [1.165, 1.54) is 11.1 Å². The maximum atomic E-state index is 12.2. The Kier molecular flexibility index (Phi) is 5.26. The summed E-state index contributed by atoms with van der Waals surface area (Å²) in [6.07, 6.45) is 2.69. The van der Waals surface area contributed by atoms with Crippen LogP contribution < -0.4 is 19.7 Å². The van der Waals surface area contributed by atoms with Crippen LogP contribution in [-0.4, -0.2) is 37.2 Å². The normalized spacial score (nSPS) is 13.7. The van der Waals surface area contributed by atoms with Crippen LogP contribution in [0.3, 0.4) is 0 Å². The summed E-state index contributed by atoms with van der Waals surface area (Å²) in [7, 11) is 3.30. The van der Waals surface area contributed by atoms with Crippen LogP contribution in [0.4, 0.5) is 5.69 Å². The van der Waals surface area contributed by atoms with Crippen LogP contribution in [0.1, 0.15) is 42.4 Å². The van der Waals surface area contributed by atoms with Crippen LogP contribution in [0.5, 0.6) is 11.5 Å². The molecular formula is C21H27N3O3. The Morgan fingerprint density at radius 2 is 1.78 bits per heavy atom. The van der Waals surface area contributed by atoms with E-state index in [9.17, 15) is 4.79 Å². The first kappa shape index (κ1) is 19.0. The molecule has 144 valence electrons. The molecule has 1 aliphatic rings. The molecule has 0 saturated heterocycles. The van der Waals surface area contributed by atoms with Gasteiger partial charge in [-0.25, -0.2) is 4.98 Å². The molecule has 0 unspecified atom stereocenters. The lowest BCUT2D eigenvalue weighted by molar-refractivity contribution is 0.0914. The summed E-state index contributed by atoms with van der Waals surface area (Å²) < 4.78 is 10.8. The number of fused-ring (bicyclic) bond motifs is 1. The summed E-state index contributed by atoms with van der Waals surface area (Å²) >= 11 is 0. The standard InChI is InChI=1S/C21H27N3O3/c1-21(2,3)23-20(25)17-7-6-16(12-22-17)24-9-8-14-10-18(26-4)19(27-5)11-15(14)13-24/h6-7,10-12H,8-9,13H2,1-5H3,(H,23,25). The topological polar surface area (TPSA) is 63.7 Å². The number of methoxy groups -OCH3 is 2. The smallest absolute Gasteiger partial charge is 0.270 e.